The maximum Gasteiger partial charge on any atom is 0.0231 e. The van der Waals surface area contributed by atoms with E-state index in [0.717, 1.165) is 12.5 Å². The van der Waals surface area contributed by atoms with Crippen LogP contribution in [0.2, 0.25) is 0 Å². The molecule has 0 heterocycles. The van der Waals surface area contributed by atoms with Crippen LogP contribution in [0.1, 0.15) is 18.4 Å². The second kappa shape index (κ2) is 5.32. The highest BCUT2D eigenvalue weighted by atomic mass is 15.1. The Labute approximate surface area is 115 Å². The molecule has 19 heavy (non-hydrogen) atoms. The fraction of sp³-hybridized carbons (Fsp3) is 0.412. The molecule has 0 amide bonds. The lowest BCUT2D eigenvalue weighted by Gasteiger charge is -2.35. The Kier molecular flexibility index (Phi) is 3.54. The normalized spacial score (nSPS) is 22.7. The van der Waals surface area contributed by atoms with E-state index in [4.69, 9.17) is 5.73 Å². The number of hydrogen-bond acceptors (Lipinski definition) is 2. The van der Waals surface area contributed by atoms with Crippen LogP contribution in [0.25, 0.3) is 10.8 Å². The number of nitrogens with two attached hydrogens (primary N) is 1. The van der Waals surface area contributed by atoms with Crippen molar-refractivity contribution in [3.05, 3.63) is 48.0 Å². The third-order valence-electron chi connectivity index (χ3n) is 4.11. The monoisotopic (exact) mass is 254 g/mol. The molecular weight excluding hydrogens is 232 g/mol. The van der Waals surface area contributed by atoms with Gasteiger partial charge in [0.05, 0.1) is 0 Å². The molecule has 0 bridgehead atoms. The standard InChI is InChI=1S/C17H22N2/c1-19(12-14-9-17(18)10-14)11-13-6-7-15-4-2-3-5-16(15)8-13/h2-8,14,17H,9-12,18H2,1H3. The Balaban J connectivity index is 1.64. The smallest absolute Gasteiger partial charge is 0.0231 e. The first kappa shape index (κ1) is 12.6. The molecule has 0 saturated heterocycles. The molecule has 1 saturated carbocycles. The van der Waals surface area contributed by atoms with Crippen LogP contribution in [-0.4, -0.2) is 24.5 Å². The van der Waals surface area contributed by atoms with E-state index in [1.54, 1.807) is 0 Å². The number of nitrogens with zero attached hydrogens (tertiary/aromatic N) is 1. The number of hydrogen-bond donors (Lipinski definition) is 1. The molecule has 1 aliphatic carbocycles. The molecule has 100 valence electrons. The number of benzene rings is 2. The summed E-state index contributed by atoms with van der Waals surface area (Å²) in [6.07, 6.45) is 2.39. The van der Waals surface area contributed by atoms with E-state index in [1.807, 2.05) is 0 Å². The van der Waals surface area contributed by atoms with Crippen molar-refractivity contribution in [2.24, 2.45) is 11.7 Å². The van der Waals surface area contributed by atoms with Gasteiger partial charge in [0.25, 0.3) is 0 Å². The van der Waals surface area contributed by atoms with Gasteiger partial charge >= 0.3 is 0 Å². The summed E-state index contributed by atoms with van der Waals surface area (Å²) < 4.78 is 0. The molecule has 1 aliphatic rings. The van der Waals surface area contributed by atoms with Crippen LogP contribution >= 0.6 is 0 Å². The first-order valence-electron chi connectivity index (χ1n) is 7.12. The van der Waals surface area contributed by atoms with Crippen molar-refractivity contribution in [3.63, 3.8) is 0 Å². The first-order chi connectivity index (χ1) is 9.20. The molecule has 0 atom stereocenters. The first-order valence-corrected chi connectivity index (χ1v) is 7.12. The summed E-state index contributed by atoms with van der Waals surface area (Å²) in [4.78, 5) is 2.42. The minimum absolute atomic E-state index is 0.457. The predicted octanol–water partition coefficient (Wildman–Crippen LogP) is 3.01. The van der Waals surface area contributed by atoms with Gasteiger partial charge in [0, 0.05) is 19.1 Å². The highest BCUT2D eigenvalue weighted by molar-refractivity contribution is 5.82. The van der Waals surface area contributed by atoms with Crippen LogP contribution in [0.3, 0.4) is 0 Å². The molecule has 2 N–H and O–H groups in total. The third kappa shape index (κ3) is 2.96. The zero-order valence-electron chi connectivity index (χ0n) is 11.5. The molecule has 0 aromatic heterocycles. The second-order valence-corrected chi connectivity index (χ2v) is 5.98. The Hall–Kier alpha value is -1.38. The lowest BCUT2D eigenvalue weighted by Crippen LogP contribution is -2.41. The van der Waals surface area contributed by atoms with Crippen molar-refractivity contribution in [3.8, 4) is 0 Å². The molecule has 2 nitrogen and oxygen atoms in total. The van der Waals surface area contributed by atoms with Crippen LogP contribution < -0.4 is 5.73 Å². The molecule has 1 fully saturated rings. The van der Waals surface area contributed by atoms with Crippen molar-refractivity contribution >= 4 is 10.8 Å². The van der Waals surface area contributed by atoms with Crippen LogP contribution in [0, 0.1) is 5.92 Å². The maximum atomic E-state index is 5.84. The summed E-state index contributed by atoms with van der Waals surface area (Å²) in [6.45, 7) is 2.19. The minimum atomic E-state index is 0.457. The maximum absolute atomic E-state index is 5.84. The molecule has 2 aromatic carbocycles. The predicted molar refractivity (Wildman–Crippen MR) is 81.0 cm³/mol. The molecule has 0 radical (unpaired) electrons. The Morgan fingerprint density at radius 3 is 2.58 bits per heavy atom. The van der Waals surface area contributed by atoms with Gasteiger partial charge in [0.15, 0.2) is 0 Å². The summed E-state index contributed by atoms with van der Waals surface area (Å²) in [5.41, 5.74) is 7.23. The summed E-state index contributed by atoms with van der Waals surface area (Å²) in [5, 5.41) is 2.65. The fourth-order valence-corrected chi connectivity index (χ4v) is 3.09. The van der Waals surface area contributed by atoms with Gasteiger partial charge in [0.1, 0.15) is 0 Å². The molecule has 0 aliphatic heterocycles. The average molecular weight is 254 g/mol. The number of fused-ring (bicyclic) bond motifs is 1. The molecule has 0 spiro atoms. The largest absolute Gasteiger partial charge is 0.328 e. The van der Waals surface area contributed by atoms with E-state index in [1.165, 1.54) is 35.7 Å². The topological polar surface area (TPSA) is 29.3 Å². The van der Waals surface area contributed by atoms with E-state index >= 15 is 0 Å². The van der Waals surface area contributed by atoms with Gasteiger partial charge in [-0.15, -0.1) is 0 Å². The zero-order chi connectivity index (χ0) is 13.2. The van der Waals surface area contributed by atoms with Gasteiger partial charge in [-0.1, -0.05) is 36.4 Å². The van der Waals surface area contributed by atoms with Gasteiger partial charge in [-0.05, 0) is 48.2 Å². The van der Waals surface area contributed by atoms with Crippen LogP contribution in [0.4, 0.5) is 0 Å². The summed E-state index contributed by atoms with van der Waals surface area (Å²) >= 11 is 0. The van der Waals surface area contributed by atoms with E-state index in [9.17, 15) is 0 Å². The van der Waals surface area contributed by atoms with E-state index in [2.05, 4.69) is 54.4 Å². The van der Waals surface area contributed by atoms with Crippen molar-refractivity contribution in [1.29, 1.82) is 0 Å². The molecule has 2 heteroatoms. The Bertz CT molecular complexity index is 558. The summed E-state index contributed by atoms with van der Waals surface area (Å²) in [5.74, 6) is 0.806. The Morgan fingerprint density at radius 2 is 1.84 bits per heavy atom. The lowest BCUT2D eigenvalue weighted by molar-refractivity contribution is 0.178. The molecule has 2 aromatic rings. The van der Waals surface area contributed by atoms with Gasteiger partial charge in [-0.25, -0.2) is 0 Å². The third-order valence-corrected chi connectivity index (χ3v) is 4.11. The highest BCUT2D eigenvalue weighted by Crippen LogP contribution is 2.26. The van der Waals surface area contributed by atoms with Gasteiger partial charge < -0.3 is 10.6 Å². The fourth-order valence-electron chi connectivity index (χ4n) is 3.09. The van der Waals surface area contributed by atoms with E-state index in [-0.39, 0.29) is 0 Å². The molecular formula is C17H22N2. The molecule has 0 unspecified atom stereocenters. The SMILES string of the molecule is CN(Cc1ccc2ccccc2c1)CC1CC(N)C1. The minimum Gasteiger partial charge on any atom is -0.328 e. The van der Waals surface area contributed by atoms with Crippen LogP contribution in [-0.2, 0) is 6.54 Å². The van der Waals surface area contributed by atoms with Crippen molar-refractivity contribution < 1.29 is 0 Å². The number of rotatable bonds is 4. The van der Waals surface area contributed by atoms with E-state index < -0.39 is 0 Å². The van der Waals surface area contributed by atoms with Crippen molar-refractivity contribution in [2.45, 2.75) is 25.4 Å². The van der Waals surface area contributed by atoms with Gasteiger partial charge in [-0.2, -0.15) is 0 Å². The van der Waals surface area contributed by atoms with Crippen molar-refractivity contribution in [2.75, 3.05) is 13.6 Å². The van der Waals surface area contributed by atoms with Gasteiger partial charge in [-0.3, -0.25) is 0 Å². The molecule has 3 rings (SSSR count). The van der Waals surface area contributed by atoms with E-state index in [0.29, 0.717) is 6.04 Å². The second-order valence-electron chi connectivity index (χ2n) is 5.98. The highest BCUT2D eigenvalue weighted by Gasteiger charge is 2.26. The summed E-state index contributed by atoms with van der Waals surface area (Å²) in [7, 11) is 2.21. The van der Waals surface area contributed by atoms with Crippen LogP contribution in [0.15, 0.2) is 42.5 Å². The van der Waals surface area contributed by atoms with Crippen molar-refractivity contribution in [1.82, 2.24) is 4.90 Å². The zero-order valence-corrected chi connectivity index (χ0v) is 11.5. The summed E-state index contributed by atoms with van der Waals surface area (Å²) in [6, 6.07) is 15.8. The lowest BCUT2D eigenvalue weighted by atomic mass is 9.80. The Morgan fingerprint density at radius 1 is 1.11 bits per heavy atom. The van der Waals surface area contributed by atoms with Gasteiger partial charge in [0.2, 0.25) is 0 Å². The quantitative estimate of drug-likeness (QED) is 0.908. The van der Waals surface area contributed by atoms with Crippen LogP contribution in [0.5, 0.6) is 0 Å². The average Bonchev–Trinajstić information content (AvgIpc) is 2.37.